The van der Waals surface area contributed by atoms with Gasteiger partial charge < -0.3 is 10.2 Å². The van der Waals surface area contributed by atoms with Gasteiger partial charge in [-0.15, -0.1) is 0 Å². The second-order valence-electron chi connectivity index (χ2n) is 7.92. The summed E-state index contributed by atoms with van der Waals surface area (Å²) in [6.07, 6.45) is 1.05. The van der Waals surface area contributed by atoms with Crippen molar-refractivity contribution in [1.29, 1.82) is 0 Å². The van der Waals surface area contributed by atoms with Crippen molar-refractivity contribution in [2.45, 2.75) is 43.8 Å². The predicted octanol–water partition coefficient (Wildman–Crippen LogP) is 2.63. The molecular formula is C18H31F3N4OS. The fourth-order valence-corrected chi connectivity index (χ4v) is 5.52. The van der Waals surface area contributed by atoms with Gasteiger partial charge in [-0.3, -0.25) is 9.80 Å². The first-order chi connectivity index (χ1) is 12.9. The van der Waals surface area contributed by atoms with E-state index in [-0.39, 0.29) is 18.1 Å². The summed E-state index contributed by atoms with van der Waals surface area (Å²) >= 11 is 1.99. The highest BCUT2D eigenvalue weighted by atomic mass is 32.2. The van der Waals surface area contributed by atoms with E-state index in [9.17, 15) is 18.0 Å². The molecule has 0 aromatic rings. The number of halogens is 3. The van der Waals surface area contributed by atoms with Crippen LogP contribution in [0.3, 0.4) is 0 Å². The molecule has 3 fully saturated rings. The summed E-state index contributed by atoms with van der Waals surface area (Å²) < 4.78 is 37.8. The van der Waals surface area contributed by atoms with E-state index in [2.05, 4.69) is 10.2 Å². The average Bonchev–Trinajstić information content (AvgIpc) is 3.01. The number of carbonyl (C=O) groups excluding carboxylic acids is 1. The SMILES string of the molecule is O=C(NCC1(N2CCSCC2)CCCC1)N1CCCN(CC(F)(F)F)CC1. The van der Waals surface area contributed by atoms with Gasteiger partial charge in [0.25, 0.3) is 0 Å². The van der Waals surface area contributed by atoms with E-state index in [0.29, 0.717) is 32.6 Å². The molecule has 156 valence electrons. The van der Waals surface area contributed by atoms with Crippen LogP contribution >= 0.6 is 11.8 Å². The van der Waals surface area contributed by atoms with E-state index < -0.39 is 12.7 Å². The summed E-state index contributed by atoms with van der Waals surface area (Å²) in [5.41, 5.74) is 0.0742. The quantitative estimate of drug-likeness (QED) is 0.776. The summed E-state index contributed by atoms with van der Waals surface area (Å²) in [5, 5.41) is 3.12. The predicted molar refractivity (Wildman–Crippen MR) is 102 cm³/mol. The van der Waals surface area contributed by atoms with Crippen molar-refractivity contribution in [1.82, 2.24) is 20.0 Å². The van der Waals surface area contributed by atoms with Gasteiger partial charge in [0.05, 0.1) is 6.54 Å². The molecule has 1 aliphatic carbocycles. The molecule has 2 saturated heterocycles. The van der Waals surface area contributed by atoms with E-state index in [1.165, 1.54) is 17.7 Å². The van der Waals surface area contributed by atoms with Crippen molar-refractivity contribution < 1.29 is 18.0 Å². The Labute approximate surface area is 164 Å². The Morgan fingerprint density at radius 3 is 2.33 bits per heavy atom. The monoisotopic (exact) mass is 408 g/mol. The molecule has 0 unspecified atom stereocenters. The van der Waals surface area contributed by atoms with Crippen molar-refractivity contribution in [3.05, 3.63) is 0 Å². The van der Waals surface area contributed by atoms with Crippen LogP contribution in [-0.2, 0) is 0 Å². The maximum atomic E-state index is 12.7. The van der Waals surface area contributed by atoms with Crippen LogP contribution in [0.5, 0.6) is 0 Å². The van der Waals surface area contributed by atoms with Gasteiger partial charge in [0, 0.05) is 62.9 Å². The van der Waals surface area contributed by atoms with Gasteiger partial charge in [-0.2, -0.15) is 24.9 Å². The second kappa shape index (κ2) is 9.22. The first kappa shape index (κ1) is 21.0. The van der Waals surface area contributed by atoms with Gasteiger partial charge in [0.15, 0.2) is 0 Å². The average molecular weight is 409 g/mol. The molecule has 2 heterocycles. The van der Waals surface area contributed by atoms with E-state index in [1.54, 1.807) is 4.90 Å². The van der Waals surface area contributed by atoms with Gasteiger partial charge in [-0.1, -0.05) is 12.8 Å². The number of thioether (sulfide) groups is 1. The molecule has 0 radical (unpaired) electrons. The lowest BCUT2D eigenvalue weighted by molar-refractivity contribution is -0.145. The number of hydrogen-bond donors (Lipinski definition) is 1. The number of alkyl halides is 3. The zero-order valence-electron chi connectivity index (χ0n) is 15.9. The van der Waals surface area contributed by atoms with Crippen molar-refractivity contribution in [2.24, 2.45) is 0 Å². The van der Waals surface area contributed by atoms with Gasteiger partial charge in [0.1, 0.15) is 0 Å². The van der Waals surface area contributed by atoms with Crippen LogP contribution in [-0.4, -0.2) is 96.3 Å². The highest BCUT2D eigenvalue weighted by molar-refractivity contribution is 7.99. The van der Waals surface area contributed by atoms with Crippen LogP contribution in [0.2, 0.25) is 0 Å². The van der Waals surface area contributed by atoms with Crippen LogP contribution in [0.1, 0.15) is 32.1 Å². The van der Waals surface area contributed by atoms with Crippen LogP contribution in [0, 0.1) is 0 Å². The molecule has 1 saturated carbocycles. The molecule has 2 amide bonds. The summed E-state index contributed by atoms with van der Waals surface area (Å²) in [6.45, 7) is 3.47. The zero-order valence-corrected chi connectivity index (χ0v) is 16.7. The Morgan fingerprint density at radius 1 is 0.963 bits per heavy atom. The topological polar surface area (TPSA) is 38.8 Å². The van der Waals surface area contributed by atoms with Crippen LogP contribution in [0.25, 0.3) is 0 Å². The smallest absolute Gasteiger partial charge is 0.336 e. The van der Waals surface area contributed by atoms with E-state index in [1.807, 2.05) is 11.8 Å². The lowest BCUT2D eigenvalue weighted by Gasteiger charge is -2.43. The van der Waals surface area contributed by atoms with Gasteiger partial charge in [-0.05, 0) is 19.3 Å². The Kier molecular flexibility index (Phi) is 7.19. The second-order valence-corrected chi connectivity index (χ2v) is 9.15. The first-order valence-corrected chi connectivity index (χ1v) is 11.2. The Hall–Kier alpha value is -0.670. The first-order valence-electron chi connectivity index (χ1n) is 10.0. The van der Waals surface area contributed by atoms with Crippen molar-refractivity contribution in [2.75, 3.05) is 63.9 Å². The molecule has 0 spiro atoms. The molecule has 0 bridgehead atoms. The molecule has 0 atom stereocenters. The summed E-state index contributed by atoms with van der Waals surface area (Å²) in [7, 11) is 0. The summed E-state index contributed by atoms with van der Waals surface area (Å²) in [5.74, 6) is 2.30. The van der Waals surface area contributed by atoms with E-state index >= 15 is 0 Å². The minimum Gasteiger partial charge on any atom is -0.336 e. The normalized spacial score (nSPS) is 25.4. The Balaban J connectivity index is 1.50. The molecular weight excluding hydrogens is 377 g/mol. The van der Waals surface area contributed by atoms with Gasteiger partial charge in [0.2, 0.25) is 0 Å². The number of nitrogens with one attached hydrogen (secondary N) is 1. The number of carbonyl (C=O) groups is 1. The molecule has 0 aromatic carbocycles. The Bertz CT molecular complexity index is 493. The molecule has 1 N–H and O–H groups in total. The minimum atomic E-state index is -4.18. The fraction of sp³-hybridized carbons (Fsp3) is 0.944. The summed E-state index contributed by atoms with van der Waals surface area (Å²) in [6, 6.07) is -0.124. The van der Waals surface area contributed by atoms with E-state index in [0.717, 1.165) is 37.4 Å². The number of nitrogens with zero attached hydrogens (tertiary/aromatic N) is 3. The number of rotatable bonds is 4. The third-order valence-corrected chi connectivity index (χ3v) is 7.01. The lowest BCUT2D eigenvalue weighted by atomic mass is 9.94. The maximum Gasteiger partial charge on any atom is 0.401 e. The highest BCUT2D eigenvalue weighted by Crippen LogP contribution is 2.36. The highest BCUT2D eigenvalue weighted by Gasteiger charge is 2.40. The maximum absolute atomic E-state index is 12.7. The molecule has 27 heavy (non-hydrogen) atoms. The third kappa shape index (κ3) is 5.90. The van der Waals surface area contributed by atoms with Crippen molar-refractivity contribution in [3.63, 3.8) is 0 Å². The number of urea groups is 1. The van der Waals surface area contributed by atoms with Crippen LogP contribution < -0.4 is 5.32 Å². The molecule has 5 nitrogen and oxygen atoms in total. The largest absolute Gasteiger partial charge is 0.401 e. The van der Waals surface area contributed by atoms with Gasteiger partial charge >= 0.3 is 12.2 Å². The molecule has 2 aliphatic heterocycles. The number of hydrogen-bond acceptors (Lipinski definition) is 4. The molecule has 3 aliphatic rings. The van der Waals surface area contributed by atoms with Crippen molar-refractivity contribution >= 4 is 17.8 Å². The number of amides is 2. The summed E-state index contributed by atoms with van der Waals surface area (Å²) in [4.78, 5) is 18.3. The van der Waals surface area contributed by atoms with E-state index in [4.69, 9.17) is 0 Å². The minimum absolute atomic E-state index is 0.0742. The zero-order chi connectivity index (χ0) is 19.3. The molecule has 9 heteroatoms. The lowest BCUT2D eigenvalue weighted by Crippen LogP contribution is -2.57. The van der Waals surface area contributed by atoms with Crippen molar-refractivity contribution in [3.8, 4) is 0 Å². The molecule has 3 rings (SSSR count). The van der Waals surface area contributed by atoms with Crippen LogP contribution in [0.4, 0.5) is 18.0 Å². The fourth-order valence-electron chi connectivity index (χ4n) is 4.61. The van der Waals surface area contributed by atoms with Crippen LogP contribution in [0.15, 0.2) is 0 Å². The third-order valence-electron chi connectivity index (χ3n) is 6.06. The Morgan fingerprint density at radius 2 is 1.67 bits per heavy atom. The van der Waals surface area contributed by atoms with Gasteiger partial charge in [-0.25, -0.2) is 4.79 Å². The molecule has 0 aromatic heterocycles. The standard InChI is InChI=1S/C18H31F3N4OS/c19-18(20,21)15-23-6-3-7-24(9-8-23)16(26)22-14-17(4-1-2-5-17)25-10-12-27-13-11-25/h1-15H2,(H,22,26).